The first-order valence-corrected chi connectivity index (χ1v) is 21.1. The standard InChI is InChI=1S/C58H35N3O/c1-3-17-36(18-4-1)39-33-34-47(53-46-26-12-16-30-52(46)62-54(39)53)57-60-55(37-19-5-2-6-20-37)59-56(61-57)38-31-32-45-41-22-8-7-21-40(41)42-23-9-13-27-48(42)58(51(45)35-38)49-28-14-10-24-43(49)44-25-11-15-29-50(44)58/h1-35H. The second kappa shape index (κ2) is 13.4. The molecule has 11 aromatic rings. The highest BCUT2D eigenvalue weighted by molar-refractivity contribution is 6.15. The molecule has 4 nitrogen and oxygen atoms in total. The maximum atomic E-state index is 6.70. The monoisotopic (exact) mass is 789 g/mol. The summed E-state index contributed by atoms with van der Waals surface area (Å²) in [6, 6.07) is 75.7. The van der Waals surface area contributed by atoms with Gasteiger partial charge in [-0.05, 0) is 85.5 Å². The molecule has 0 bridgehead atoms. The first-order valence-electron chi connectivity index (χ1n) is 21.1. The Bertz CT molecular complexity index is 3540. The van der Waals surface area contributed by atoms with Crippen molar-refractivity contribution < 1.29 is 4.42 Å². The van der Waals surface area contributed by atoms with Gasteiger partial charge in [-0.25, -0.2) is 15.0 Å². The second-order valence-corrected chi connectivity index (χ2v) is 16.2. The third kappa shape index (κ3) is 4.92. The summed E-state index contributed by atoms with van der Waals surface area (Å²) in [6.07, 6.45) is 0. The molecule has 2 aliphatic carbocycles. The van der Waals surface area contributed by atoms with Crippen molar-refractivity contribution in [2.24, 2.45) is 0 Å². The van der Waals surface area contributed by atoms with Crippen LogP contribution in [0.3, 0.4) is 0 Å². The number of fused-ring (bicyclic) bond motifs is 15. The summed E-state index contributed by atoms with van der Waals surface area (Å²) in [4.78, 5) is 16.0. The lowest BCUT2D eigenvalue weighted by Gasteiger charge is -2.35. The third-order valence-electron chi connectivity index (χ3n) is 13.0. The topological polar surface area (TPSA) is 51.8 Å². The maximum absolute atomic E-state index is 6.70. The minimum absolute atomic E-state index is 0.585. The largest absolute Gasteiger partial charge is 0.455 e. The number of benzene rings is 9. The van der Waals surface area contributed by atoms with Crippen molar-refractivity contribution in [3.05, 3.63) is 235 Å². The van der Waals surface area contributed by atoms with Crippen LogP contribution in [0.5, 0.6) is 0 Å². The molecule has 2 aromatic heterocycles. The van der Waals surface area contributed by atoms with E-state index in [0.29, 0.717) is 17.5 Å². The molecular weight excluding hydrogens is 755 g/mol. The smallest absolute Gasteiger partial charge is 0.164 e. The molecule has 1 spiro atoms. The van der Waals surface area contributed by atoms with Crippen molar-refractivity contribution in [1.29, 1.82) is 0 Å². The molecule has 0 radical (unpaired) electrons. The minimum atomic E-state index is -0.624. The lowest BCUT2D eigenvalue weighted by Crippen LogP contribution is -2.29. The van der Waals surface area contributed by atoms with Crippen molar-refractivity contribution in [1.82, 2.24) is 15.0 Å². The lowest BCUT2D eigenvalue weighted by molar-refractivity contribution is 0.670. The van der Waals surface area contributed by atoms with Gasteiger partial charge < -0.3 is 4.42 Å². The molecule has 0 fully saturated rings. The van der Waals surface area contributed by atoms with Crippen LogP contribution in [0.2, 0.25) is 0 Å². The highest BCUT2D eigenvalue weighted by Crippen LogP contribution is 2.61. The lowest BCUT2D eigenvalue weighted by atomic mass is 9.65. The molecule has 9 aromatic carbocycles. The molecule has 0 saturated carbocycles. The van der Waals surface area contributed by atoms with E-state index < -0.39 is 5.41 Å². The zero-order chi connectivity index (χ0) is 40.8. The third-order valence-corrected chi connectivity index (χ3v) is 13.0. The Kier molecular flexibility index (Phi) is 7.49. The van der Waals surface area contributed by atoms with Crippen LogP contribution in [0.1, 0.15) is 22.3 Å². The van der Waals surface area contributed by atoms with E-state index in [1.807, 2.05) is 36.4 Å². The number of rotatable bonds is 4. The Balaban J connectivity index is 1.11. The summed E-state index contributed by atoms with van der Waals surface area (Å²) >= 11 is 0. The van der Waals surface area contributed by atoms with Gasteiger partial charge in [0.25, 0.3) is 0 Å². The second-order valence-electron chi connectivity index (χ2n) is 16.2. The zero-order valence-corrected chi connectivity index (χ0v) is 33.5. The van der Waals surface area contributed by atoms with Gasteiger partial charge in [0, 0.05) is 33.0 Å². The molecule has 0 unspecified atom stereocenters. The summed E-state index contributed by atoms with van der Waals surface area (Å²) in [5.41, 5.74) is 18.2. The number of para-hydroxylation sites is 1. The van der Waals surface area contributed by atoms with Crippen LogP contribution in [0, 0.1) is 0 Å². The van der Waals surface area contributed by atoms with Crippen molar-refractivity contribution >= 4 is 21.9 Å². The maximum Gasteiger partial charge on any atom is 0.164 e. The summed E-state index contributed by atoms with van der Waals surface area (Å²) in [5.74, 6) is 1.79. The molecule has 0 N–H and O–H groups in total. The Labute approximate surface area is 358 Å². The first kappa shape index (κ1) is 34.6. The number of furan rings is 1. The Hall–Kier alpha value is -8.21. The van der Waals surface area contributed by atoms with Gasteiger partial charge in [-0.1, -0.05) is 188 Å². The fourth-order valence-corrected chi connectivity index (χ4v) is 10.4. The number of aromatic nitrogens is 3. The first-order chi connectivity index (χ1) is 30.8. The molecule has 13 rings (SSSR count). The fraction of sp³-hybridized carbons (Fsp3) is 0.0172. The molecule has 0 aliphatic heterocycles. The van der Waals surface area contributed by atoms with Crippen LogP contribution in [-0.4, -0.2) is 15.0 Å². The number of hydrogen-bond acceptors (Lipinski definition) is 4. The van der Waals surface area contributed by atoms with E-state index in [4.69, 9.17) is 19.4 Å². The van der Waals surface area contributed by atoms with E-state index in [0.717, 1.165) is 49.8 Å². The van der Waals surface area contributed by atoms with Gasteiger partial charge in [0.05, 0.1) is 5.41 Å². The van der Waals surface area contributed by atoms with Gasteiger partial charge in [-0.3, -0.25) is 0 Å². The van der Waals surface area contributed by atoms with Gasteiger partial charge >= 0.3 is 0 Å². The molecule has 4 heteroatoms. The van der Waals surface area contributed by atoms with Crippen LogP contribution in [-0.2, 0) is 5.41 Å². The molecule has 288 valence electrons. The molecule has 2 heterocycles. The highest BCUT2D eigenvalue weighted by atomic mass is 16.3. The van der Waals surface area contributed by atoms with Crippen molar-refractivity contribution in [3.63, 3.8) is 0 Å². The van der Waals surface area contributed by atoms with Gasteiger partial charge in [0.1, 0.15) is 11.2 Å². The van der Waals surface area contributed by atoms with E-state index in [2.05, 4.69) is 176 Å². The molecule has 0 saturated heterocycles. The molecule has 0 atom stereocenters. The molecular formula is C58H35N3O. The SMILES string of the molecule is c1ccc(-c2nc(-c3ccc4c(c3)C3(c5ccccc5-c5ccccc5-4)c4ccccc4-c4ccccc43)nc(-c3ccc(-c4ccccc4)c4oc5ccccc5c34)n2)cc1. The molecule has 2 aliphatic rings. The summed E-state index contributed by atoms with van der Waals surface area (Å²) in [6.45, 7) is 0. The zero-order valence-electron chi connectivity index (χ0n) is 33.5. The predicted octanol–water partition coefficient (Wildman–Crippen LogP) is 14.4. The van der Waals surface area contributed by atoms with E-state index >= 15 is 0 Å². The van der Waals surface area contributed by atoms with Crippen LogP contribution in [0.15, 0.2) is 217 Å². The van der Waals surface area contributed by atoms with Gasteiger partial charge in [0.15, 0.2) is 17.5 Å². The Morgan fingerprint density at radius 3 is 1.40 bits per heavy atom. The van der Waals surface area contributed by atoms with Crippen LogP contribution in [0.25, 0.3) is 101 Å². The fourth-order valence-electron chi connectivity index (χ4n) is 10.4. The van der Waals surface area contributed by atoms with Gasteiger partial charge in [-0.2, -0.15) is 0 Å². The van der Waals surface area contributed by atoms with Crippen LogP contribution in [0.4, 0.5) is 0 Å². The average molecular weight is 790 g/mol. The van der Waals surface area contributed by atoms with Crippen molar-refractivity contribution in [2.45, 2.75) is 5.41 Å². The van der Waals surface area contributed by atoms with E-state index in [1.54, 1.807) is 0 Å². The van der Waals surface area contributed by atoms with E-state index in [-0.39, 0.29) is 0 Å². The molecule has 62 heavy (non-hydrogen) atoms. The quantitative estimate of drug-likeness (QED) is 0.178. The van der Waals surface area contributed by atoms with Gasteiger partial charge in [0.2, 0.25) is 0 Å². The number of nitrogens with zero attached hydrogens (tertiary/aromatic N) is 3. The summed E-state index contributed by atoms with van der Waals surface area (Å²) < 4.78 is 6.70. The normalized spacial score (nSPS) is 13.0. The van der Waals surface area contributed by atoms with E-state index in [1.165, 1.54) is 55.6 Å². The predicted molar refractivity (Wildman–Crippen MR) is 251 cm³/mol. The van der Waals surface area contributed by atoms with E-state index in [9.17, 15) is 0 Å². The summed E-state index contributed by atoms with van der Waals surface area (Å²) in [5, 5.41) is 1.99. The van der Waals surface area contributed by atoms with Crippen molar-refractivity contribution in [3.8, 4) is 78.7 Å². The minimum Gasteiger partial charge on any atom is -0.455 e. The van der Waals surface area contributed by atoms with Gasteiger partial charge in [-0.15, -0.1) is 0 Å². The van der Waals surface area contributed by atoms with Crippen LogP contribution >= 0.6 is 0 Å². The Morgan fingerprint density at radius 2 is 0.758 bits per heavy atom. The average Bonchev–Trinajstić information content (AvgIpc) is 3.85. The molecule has 0 amide bonds. The van der Waals surface area contributed by atoms with Crippen molar-refractivity contribution in [2.75, 3.05) is 0 Å². The summed E-state index contributed by atoms with van der Waals surface area (Å²) in [7, 11) is 0. The Morgan fingerprint density at radius 1 is 0.306 bits per heavy atom. The van der Waals surface area contributed by atoms with Crippen LogP contribution < -0.4 is 0 Å². The highest BCUT2D eigenvalue weighted by Gasteiger charge is 2.49. The number of hydrogen-bond donors (Lipinski definition) is 0.